The third-order valence-electron chi connectivity index (χ3n) is 9.23. The summed E-state index contributed by atoms with van der Waals surface area (Å²) in [6.45, 7) is 4.12. The number of esters is 1. The summed E-state index contributed by atoms with van der Waals surface area (Å²) in [4.78, 5) is 26.8. The Morgan fingerprint density at radius 3 is 1.68 bits per heavy atom. The van der Waals surface area contributed by atoms with Gasteiger partial charge in [0.2, 0.25) is 0 Å². The van der Waals surface area contributed by atoms with Crippen LogP contribution in [0.15, 0.2) is 59.7 Å². The van der Waals surface area contributed by atoms with E-state index < -0.39 is 0 Å². The van der Waals surface area contributed by atoms with Gasteiger partial charge in [0.25, 0.3) is 0 Å². The Morgan fingerprint density at radius 1 is 0.757 bits per heavy atom. The van der Waals surface area contributed by atoms with Crippen LogP contribution in [0.1, 0.15) is 80.0 Å². The molecule has 6 unspecified atom stereocenters. The highest BCUT2D eigenvalue weighted by Crippen LogP contribution is 2.63. The van der Waals surface area contributed by atoms with E-state index in [-0.39, 0.29) is 48.6 Å². The molecule has 37 heavy (non-hydrogen) atoms. The van der Waals surface area contributed by atoms with Crippen LogP contribution >= 0.6 is 0 Å². The molecule has 0 aliphatic heterocycles. The standard InChI is InChI=1S/C32H38O5/c1-3-23(32(36)37-4-2)30-26-15-13-24(21-9-5-19(17-33)6-10-21)28-25(14-16-27(29(26)28)31(30)35)22-11-7-20(18-34)8-12-22/h5-12,24-29,33-34H,3-4,13-18H2,1-2H3/b30-23+. The van der Waals surface area contributed by atoms with Crippen LogP contribution in [0.5, 0.6) is 0 Å². The molecule has 196 valence electrons. The quantitative estimate of drug-likeness (QED) is 0.389. The molecule has 0 aromatic heterocycles. The van der Waals surface area contributed by atoms with Crippen LogP contribution in [0.2, 0.25) is 0 Å². The average molecular weight is 503 g/mol. The van der Waals surface area contributed by atoms with Crippen molar-refractivity contribution in [1.82, 2.24) is 0 Å². The number of ketones is 1. The molecule has 2 N–H and O–H groups in total. The number of aliphatic hydroxyl groups excluding tert-OH is 2. The number of hydrogen-bond acceptors (Lipinski definition) is 5. The summed E-state index contributed by atoms with van der Waals surface area (Å²) in [7, 11) is 0. The lowest BCUT2D eigenvalue weighted by Gasteiger charge is -2.49. The van der Waals surface area contributed by atoms with Crippen LogP contribution in [0.4, 0.5) is 0 Å². The van der Waals surface area contributed by atoms with Crippen molar-refractivity contribution in [3.8, 4) is 0 Å². The minimum Gasteiger partial charge on any atom is -0.463 e. The zero-order valence-corrected chi connectivity index (χ0v) is 21.9. The van der Waals surface area contributed by atoms with E-state index in [1.807, 2.05) is 38.1 Å². The van der Waals surface area contributed by atoms with Gasteiger partial charge in [-0.05, 0) is 90.9 Å². The molecule has 6 atom stereocenters. The van der Waals surface area contributed by atoms with Gasteiger partial charge in [-0.15, -0.1) is 0 Å². The van der Waals surface area contributed by atoms with Crippen molar-refractivity contribution in [2.75, 3.05) is 6.61 Å². The molecular weight excluding hydrogens is 464 g/mol. The molecule has 2 aromatic carbocycles. The second kappa shape index (κ2) is 10.9. The summed E-state index contributed by atoms with van der Waals surface area (Å²) < 4.78 is 5.38. The van der Waals surface area contributed by atoms with Gasteiger partial charge in [0.15, 0.2) is 5.78 Å². The number of hydrogen-bond donors (Lipinski definition) is 2. The van der Waals surface area contributed by atoms with Gasteiger partial charge in [0, 0.05) is 17.1 Å². The highest BCUT2D eigenvalue weighted by molar-refractivity contribution is 6.07. The largest absolute Gasteiger partial charge is 0.463 e. The zero-order chi connectivity index (χ0) is 26.1. The Morgan fingerprint density at radius 2 is 1.22 bits per heavy atom. The monoisotopic (exact) mass is 502 g/mol. The SMILES string of the molecule is CCOC(=O)/C(CC)=C1/C(=O)C2CCC(c3ccc(CO)cc3)C3C(c4ccc(CO)cc4)CCC1C23. The first kappa shape index (κ1) is 25.9. The molecule has 5 rings (SSSR count). The van der Waals surface area contributed by atoms with Crippen molar-refractivity contribution >= 4 is 11.8 Å². The third kappa shape index (κ3) is 4.57. The minimum absolute atomic E-state index is 0.0251. The predicted octanol–water partition coefficient (Wildman–Crippen LogP) is 5.44. The second-order valence-electron chi connectivity index (χ2n) is 10.9. The van der Waals surface area contributed by atoms with E-state index >= 15 is 0 Å². The minimum atomic E-state index is -0.332. The molecule has 0 bridgehead atoms. The van der Waals surface area contributed by atoms with Crippen molar-refractivity contribution in [2.24, 2.45) is 23.7 Å². The Balaban J connectivity index is 1.60. The number of carbonyl (C=O) groups is 2. The first-order chi connectivity index (χ1) is 18.0. The molecule has 3 fully saturated rings. The lowest BCUT2D eigenvalue weighted by atomic mass is 9.54. The van der Waals surface area contributed by atoms with Crippen molar-refractivity contribution in [1.29, 1.82) is 0 Å². The molecule has 0 heterocycles. The normalized spacial score (nSPS) is 30.1. The number of carbonyl (C=O) groups excluding carboxylic acids is 2. The predicted molar refractivity (Wildman–Crippen MR) is 142 cm³/mol. The van der Waals surface area contributed by atoms with Crippen LogP contribution in [-0.4, -0.2) is 28.6 Å². The van der Waals surface area contributed by atoms with Gasteiger partial charge >= 0.3 is 5.97 Å². The Labute approximate surface area is 219 Å². The number of benzene rings is 2. The van der Waals surface area contributed by atoms with Crippen molar-refractivity contribution in [2.45, 2.75) is 71.0 Å². The fraction of sp³-hybridized carbons (Fsp3) is 0.500. The number of Topliss-reactive ketones (excluding diaryl/α,β-unsaturated/α-hetero) is 1. The van der Waals surface area contributed by atoms with E-state index in [0.717, 1.165) is 42.4 Å². The topological polar surface area (TPSA) is 83.8 Å². The lowest BCUT2D eigenvalue weighted by molar-refractivity contribution is -0.139. The van der Waals surface area contributed by atoms with Crippen LogP contribution in [0.25, 0.3) is 0 Å². The van der Waals surface area contributed by atoms with Gasteiger partial charge in [-0.2, -0.15) is 0 Å². The molecule has 3 aliphatic rings. The summed E-state index contributed by atoms with van der Waals surface area (Å²) in [5.74, 6) is 0.975. The van der Waals surface area contributed by atoms with E-state index in [2.05, 4.69) is 24.3 Å². The van der Waals surface area contributed by atoms with Crippen molar-refractivity contribution in [3.63, 3.8) is 0 Å². The molecule has 0 radical (unpaired) electrons. The smallest absolute Gasteiger partial charge is 0.334 e. The second-order valence-corrected chi connectivity index (χ2v) is 10.9. The molecule has 0 saturated heterocycles. The summed E-state index contributed by atoms with van der Waals surface area (Å²) >= 11 is 0. The van der Waals surface area contributed by atoms with Crippen LogP contribution in [0.3, 0.4) is 0 Å². The van der Waals surface area contributed by atoms with E-state index in [0.29, 0.717) is 30.4 Å². The fourth-order valence-corrected chi connectivity index (χ4v) is 7.70. The van der Waals surface area contributed by atoms with Gasteiger partial charge in [0.05, 0.1) is 19.8 Å². The molecule has 5 heteroatoms. The Kier molecular flexibility index (Phi) is 7.64. The van der Waals surface area contributed by atoms with E-state index in [4.69, 9.17) is 4.74 Å². The van der Waals surface area contributed by atoms with E-state index in [1.54, 1.807) is 0 Å². The van der Waals surface area contributed by atoms with Crippen LogP contribution < -0.4 is 0 Å². The third-order valence-corrected chi connectivity index (χ3v) is 9.23. The summed E-state index contributed by atoms with van der Waals surface area (Å²) in [6, 6.07) is 16.6. The zero-order valence-electron chi connectivity index (χ0n) is 21.9. The van der Waals surface area contributed by atoms with Gasteiger partial charge in [-0.3, -0.25) is 4.79 Å². The number of ether oxygens (including phenoxy) is 1. The maximum absolute atomic E-state index is 13.9. The molecule has 0 amide bonds. The van der Waals surface area contributed by atoms with Gasteiger partial charge in [-0.1, -0.05) is 55.5 Å². The number of rotatable bonds is 7. The van der Waals surface area contributed by atoms with Crippen molar-refractivity contribution < 1.29 is 24.5 Å². The average Bonchev–Trinajstić information content (AvgIpc) is 3.22. The summed E-state index contributed by atoms with van der Waals surface area (Å²) in [6.07, 6.45) is 4.13. The van der Waals surface area contributed by atoms with E-state index in [9.17, 15) is 19.8 Å². The number of allylic oxidation sites excluding steroid dienone is 1. The summed E-state index contributed by atoms with van der Waals surface area (Å²) in [5.41, 5.74) is 5.68. The molecule has 2 aromatic rings. The Hall–Kier alpha value is -2.76. The van der Waals surface area contributed by atoms with Crippen LogP contribution in [-0.2, 0) is 27.5 Å². The first-order valence-electron chi connectivity index (χ1n) is 13.9. The first-order valence-corrected chi connectivity index (χ1v) is 13.9. The highest BCUT2D eigenvalue weighted by atomic mass is 16.5. The highest BCUT2D eigenvalue weighted by Gasteiger charge is 2.58. The van der Waals surface area contributed by atoms with Crippen molar-refractivity contribution in [3.05, 3.63) is 81.9 Å². The summed E-state index contributed by atoms with van der Waals surface area (Å²) in [5, 5.41) is 19.1. The maximum Gasteiger partial charge on any atom is 0.334 e. The van der Waals surface area contributed by atoms with Gasteiger partial charge < -0.3 is 14.9 Å². The molecule has 5 nitrogen and oxygen atoms in total. The van der Waals surface area contributed by atoms with Gasteiger partial charge in [0.1, 0.15) is 0 Å². The molecular formula is C32H38O5. The fourth-order valence-electron chi connectivity index (χ4n) is 7.70. The van der Waals surface area contributed by atoms with Gasteiger partial charge in [-0.25, -0.2) is 4.79 Å². The lowest BCUT2D eigenvalue weighted by Crippen LogP contribution is -2.41. The van der Waals surface area contributed by atoms with Crippen LogP contribution in [0, 0.1) is 23.7 Å². The maximum atomic E-state index is 13.9. The number of aliphatic hydroxyl groups is 2. The molecule has 3 aliphatic carbocycles. The molecule has 0 spiro atoms. The molecule has 3 saturated carbocycles. The Bertz CT molecular complexity index is 1110. The van der Waals surface area contributed by atoms with E-state index in [1.165, 1.54) is 11.1 Å².